The molecule has 1 N–H and O–H groups in total. The molecule has 13 heavy (non-hydrogen) atoms. The zero-order valence-electron chi connectivity index (χ0n) is 7.35. The van der Waals surface area contributed by atoms with E-state index in [0.29, 0.717) is 6.42 Å². The molecule has 1 heterocycles. The Morgan fingerprint density at radius 1 is 1.54 bits per heavy atom. The average molecular weight is 183 g/mol. The molecule has 0 saturated heterocycles. The Bertz CT molecular complexity index is 323. The molecule has 1 nitrogen and oxygen atoms in total. The predicted molar refractivity (Wildman–Crippen MR) is 48.1 cm³/mol. The second-order valence-corrected chi connectivity index (χ2v) is 3.43. The van der Waals surface area contributed by atoms with Crippen molar-refractivity contribution in [3.63, 3.8) is 0 Å². The van der Waals surface area contributed by atoms with Crippen LogP contribution in [0.2, 0.25) is 0 Å². The summed E-state index contributed by atoms with van der Waals surface area (Å²) in [6.07, 6.45) is -0.261. The van der Waals surface area contributed by atoms with Crippen molar-refractivity contribution in [2.24, 2.45) is 0 Å². The van der Waals surface area contributed by atoms with Crippen LogP contribution in [0.25, 0.3) is 0 Å². The lowest BCUT2D eigenvalue weighted by Gasteiger charge is -2.11. The fourth-order valence-corrected chi connectivity index (χ4v) is 1.63. The maximum absolute atomic E-state index is 12.9. The van der Waals surface area contributed by atoms with Gasteiger partial charge >= 0.3 is 0 Å². The molecule has 1 aliphatic heterocycles. The van der Waals surface area contributed by atoms with E-state index in [4.69, 9.17) is 0 Å². The SMILES string of the molecule is CC(F)C1Cc2ccc(F)cc2N1. The number of fused-ring (bicyclic) bond motifs is 1. The van der Waals surface area contributed by atoms with E-state index in [0.717, 1.165) is 11.3 Å². The van der Waals surface area contributed by atoms with Gasteiger partial charge in [-0.15, -0.1) is 0 Å². The summed E-state index contributed by atoms with van der Waals surface area (Å²) in [6, 6.07) is 4.33. The summed E-state index contributed by atoms with van der Waals surface area (Å²) in [5.41, 5.74) is 1.73. The average Bonchev–Trinajstić information content (AvgIpc) is 2.46. The highest BCUT2D eigenvalue weighted by atomic mass is 19.1. The van der Waals surface area contributed by atoms with E-state index >= 15 is 0 Å². The van der Waals surface area contributed by atoms with Crippen LogP contribution in [-0.4, -0.2) is 12.2 Å². The van der Waals surface area contributed by atoms with Gasteiger partial charge in [-0.1, -0.05) is 6.07 Å². The van der Waals surface area contributed by atoms with Crippen molar-refractivity contribution in [3.05, 3.63) is 29.6 Å². The molecule has 0 spiro atoms. The summed E-state index contributed by atoms with van der Waals surface area (Å²) in [7, 11) is 0. The summed E-state index contributed by atoms with van der Waals surface area (Å²) in [5.74, 6) is -0.279. The summed E-state index contributed by atoms with van der Waals surface area (Å²) in [4.78, 5) is 0. The Morgan fingerprint density at radius 3 is 3.00 bits per heavy atom. The second-order valence-electron chi connectivity index (χ2n) is 3.43. The molecule has 2 atom stereocenters. The molecule has 1 aliphatic rings. The van der Waals surface area contributed by atoms with Gasteiger partial charge < -0.3 is 5.32 Å². The second kappa shape index (κ2) is 2.98. The van der Waals surface area contributed by atoms with Crippen LogP contribution in [0.1, 0.15) is 12.5 Å². The van der Waals surface area contributed by atoms with E-state index in [9.17, 15) is 8.78 Å². The molecule has 0 amide bonds. The van der Waals surface area contributed by atoms with Crippen molar-refractivity contribution in [3.8, 4) is 0 Å². The van der Waals surface area contributed by atoms with Crippen LogP contribution in [0.5, 0.6) is 0 Å². The third-order valence-electron chi connectivity index (χ3n) is 2.41. The number of hydrogen-bond acceptors (Lipinski definition) is 1. The van der Waals surface area contributed by atoms with E-state index in [-0.39, 0.29) is 11.9 Å². The number of hydrogen-bond donors (Lipinski definition) is 1. The lowest BCUT2D eigenvalue weighted by molar-refractivity contribution is 0.322. The van der Waals surface area contributed by atoms with Gasteiger partial charge in [0, 0.05) is 5.69 Å². The molecule has 1 aromatic carbocycles. The molecule has 0 bridgehead atoms. The molecule has 0 aromatic heterocycles. The fourth-order valence-electron chi connectivity index (χ4n) is 1.63. The molecule has 2 unspecified atom stereocenters. The number of nitrogens with one attached hydrogen (secondary N) is 1. The highest BCUT2D eigenvalue weighted by Crippen LogP contribution is 2.28. The van der Waals surface area contributed by atoms with Gasteiger partial charge in [0.05, 0.1) is 6.04 Å². The van der Waals surface area contributed by atoms with Crippen LogP contribution in [0.4, 0.5) is 14.5 Å². The number of anilines is 1. The number of halogens is 2. The highest BCUT2D eigenvalue weighted by molar-refractivity contribution is 5.57. The highest BCUT2D eigenvalue weighted by Gasteiger charge is 2.25. The van der Waals surface area contributed by atoms with Gasteiger partial charge in [0.1, 0.15) is 12.0 Å². The number of alkyl halides is 1. The van der Waals surface area contributed by atoms with E-state index in [1.807, 2.05) is 0 Å². The summed E-state index contributed by atoms with van der Waals surface area (Å²) in [5, 5.41) is 2.96. The Labute approximate surface area is 75.8 Å². The van der Waals surface area contributed by atoms with Gasteiger partial charge in [0.2, 0.25) is 0 Å². The van der Waals surface area contributed by atoms with E-state index in [2.05, 4.69) is 5.32 Å². The summed E-state index contributed by atoms with van der Waals surface area (Å²) < 4.78 is 25.7. The normalized spacial score (nSPS) is 22.2. The van der Waals surface area contributed by atoms with Gasteiger partial charge in [0.15, 0.2) is 0 Å². The molecular weight excluding hydrogens is 172 g/mol. The first-order valence-corrected chi connectivity index (χ1v) is 4.36. The van der Waals surface area contributed by atoms with Gasteiger partial charge in [-0.2, -0.15) is 0 Å². The Morgan fingerprint density at radius 2 is 2.31 bits per heavy atom. The standard InChI is InChI=1S/C10H11F2N/c1-6(11)9-4-7-2-3-8(12)5-10(7)13-9/h2-3,5-6,9,13H,4H2,1H3. The van der Waals surface area contributed by atoms with Crippen molar-refractivity contribution >= 4 is 5.69 Å². The van der Waals surface area contributed by atoms with Crippen LogP contribution in [0.15, 0.2) is 18.2 Å². The van der Waals surface area contributed by atoms with E-state index < -0.39 is 6.17 Å². The quantitative estimate of drug-likeness (QED) is 0.705. The minimum Gasteiger partial charge on any atom is -0.379 e. The zero-order chi connectivity index (χ0) is 9.42. The third kappa shape index (κ3) is 1.50. The van der Waals surface area contributed by atoms with Crippen molar-refractivity contribution in [2.45, 2.75) is 25.6 Å². The monoisotopic (exact) mass is 183 g/mol. The zero-order valence-corrected chi connectivity index (χ0v) is 7.35. The molecular formula is C10H11F2N. The minimum atomic E-state index is -0.907. The van der Waals surface area contributed by atoms with Crippen LogP contribution in [-0.2, 0) is 6.42 Å². The fraction of sp³-hybridized carbons (Fsp3) is 0.400. The smallest absolute Gasteiger partial charge is 0.125 e. The van der Waals surface area contributed by atoms with Crippen LogP contribution < -0.4 is 5.32 Å². The lowest BCUT2D eigenvalue weighted by atomic mass is 10.1. The molecule has 2 rings (SSSR count). The van der Waals surface area contributed by atoms with Crippen molar-refractivity contribution < 1.29 is 8.78 Å². The van der Waals surface area contributed by atoms with E-state index in [1.165, 1.54) is 19.1 Å². The van der Waals surface area contributed by atoms with Gasteiger partial charge in [-0.25, -0.2) is 8.78 Å². The number of rotatable bonds is 1. The summed E-state index contributed by atoms with van der Waals surface area (Å²) >= 11 is 0. The maximum Gasteiger partial charge on any atom is 0.125 e. The van der Waals surface area contributed by atoms with Crippen LogP contribution >= 0.6 is 0 Å². The van der Waals surface area contributed by atoms with Crippen molar-refractivity contribution in [1.82, 2.24) is 0 Å². The Hall–Kier alpha value is -1.12. The van der Waals surface area contributed by atoms with Gasteiger partial charge in [-0.05, 0) is 31.0 Å². The maximum atomic E-state index is 12.9. The molecule has 0 fully saturated rings. The van der Waals surface area contributed by atoms with Crippen LogP contribution in [0.3, 0.4) is 0 Å². The first-order valence-electron chi connectivity index (χ1n) is 4.36. The molecule has 1 aromatic rings. The van der Waals surface area contributed by atoms with Crippen LogP contribution in [0, 0.1) is 5.82 Å². The lowest BCUT2D eigenvalue weighted by Crippen LogP contribution is -2.25. The van der Waals surface area contributed by atoms with Gasteiger partial charge in [-0.3, -0.25) is 0 Å². The van der Waals surface area contributed by atoms with E-state index in [1.54, 1.807) is 6.07 Å². The summed E-state index contributed by atoms with van der Waals surface area (Å²) in [6.45, 7) is 1.51. The molecule has 0 radical (unpaired) electrons. The van der Waals surface area contributed by atoms with Crippen molar-refractivity contribution in [1.29, 1.82) is 0 Å². The first kappa shape index (κ1) is 8.48. The van der Waals surface area contributed by atoms with Crippen molar-refractivity contribution in [2.75, 3.05) is 5.32 Å². The van der Waals surface area contributed by atoms with Gasteiger partial charge in [0.25, 0.3) is 0 Å². The molecule has 0 aliphatic carbocycles. The molecule has 0 saturated carbocycles. The topological polar surface area (TPSA) is 12.0 Å². The predicted octanol–water partition coefficient (Wildman–Crippen LogP) is 2.52. The Balaban J connectivity index is 2.25. The minimum absolute atomic E-state index is 0.197. The number of benzene rings is 1. The third-order valence-corrected chi connectivity index (χ3v) is 2.41. The Kier molecular flexibility index (Phi) is 1.94. The first-order chi connectivity index (χ1) is 6.16. The largest absolute Gasteiger partial charge is 0.379 e. The molecule has 70 valence electrons. The molecule has 3 heteroatoms.